The zero-order valence-corrected chi connectivity index (χ0v) is 27.1. The number of anilines is 3. The summed E-state index contributed by atoms with van der Waals surface area (Å²) < 4.78 is 11.4. The van der Waals surface area contributed by atoms with Crippen LogP contribution in [0.5, 0.6) is 11.5 Å². The summed E-state index contributed by atoms with van der Waals surface area (Å²) in [6, 6.07) is 18.5. The summed E-state index contributed by atoms with van der Waals surface area (Å²) in [7, 11) is 3.36. The second kappa shape index (κ2) is 15.2. The first-order valence-electron chi connectivity index (χ1n) is 15.0. The van der Waals surface area contributed by atoms with Crippen molar-refractivity contribution < 1.29 is 19.1 Å². The van der Waals surface area contributed by atoms with E-state index < -0.39 is 6.09 Å². The molecule has 2 amide bonds. The minimum absolute atomic E-state index is 0.0411. The van der Waals surface area contributed by atoms with Gasteiger partial charge in [0.2, 0.25) is 5.95 Å². The number of likely N-dealkylation sites (N-methyl/N-ethyl adjacent to an activating group) is 2. The fourth-order valence-electron chi connectivity index (χ4n) is 4.93. The van der Waals surface area contributed by atoms with Crippen molar-refractivity contribution in [2.45, 2.75) is 34.6 Å². The molecule has 10 heteroatoms. The zero-order valence-electron chi connectivity index (χ0n) is 27.1. The molecular formula is C35H42N6O4. The Morgan fingerprint density at radius 1 is 0.911 bits per heavy atom. The molecule has 3 aromatic carbocycles. The molecule has 4 aromatic rings. The molecule has 0 atom stereocenters. The number of hydrogen-bond donors (Lipinski definition) is 2. The van der Waals surface area contributed by atoms with Crippen molar-refractivity contribution in [1.82, 2.24) is 19.8 Å². The number of nitrogens with zero attached hydrogens (tertiary/aromatic N) is 4. The quantitative estimate of drug-likeness (QED) is 0.179. The van der Waals surface area contributed by atoms with Gasteiger partial charge in [0.25, 0.3) is 5.91 Å². The van der Waals surface area contributed by atoms with Crippen LogP contribution in [0, 0.1) is 20.8 Å². The Morgan fingerprint density at radius 2 is 1.64 bits per heavy atom. The molecule has 0 spiro atoms. The van der Waals surface area contributed by atoms with Crippen molar-refractivity contribution in [2.24, 2.45) is 0 Å². The van der Waals surface area contributed by atoms with E-state index >= 15 is 0 Å². The number of hydrogen-bond acceptors (Lipinski definition) is 8. The standard InChI is InChI=1S/C35H42N6O4/c1-8-41(9-2)20-19-40(6)33(42)26-13-15-27(16-14-26)37-34-36-18-17-31(38-34)39-35(43)45-32-29(21-23(3)22-30(32)44-7)28-12-10-11-24(4)25(28)5/h10-18,21-22H,8-9,19-20H2,1-7H3,(H2,36,37,38,39,43). The average Bonchev–Trinajstić information content (AvgIpc) is 3.03. The molecule has 0 fully saturated rings. The second-order valence-corrected chi connectivity index (χ2v) is 10.8. The fourth-order valence-corrected chi connectivity index (χ4v) is 4.93. The Hall–Kier alpha value is -4.96. The van der Waals surface area contributed by atoms with Crippen LogP contribution >= 0.6 is 0 Å². The van der Waals surface area contributed by atoms with Crippen LogP contribution < -0.4 is 20.1 Å². The number of methoxy groups -OCH3 is 1. The highest BCUT2D eigenvalue weighted by atomic mass is 16.6. The van der Waals surface area contributed by atoms with Crippen LogP contribution in [0.3, 0.4) is 0 Å². The molecule has 0 aliphatic rings. The minimum Gasteiger partial charge on any atom is -0.493 e. The molecule has 0 aliphatic carbocycles. The molecule has 0 saturated heterocycles. The molecule has 1 aromatic heterocycles. The van der Waals surface area contributed by atoms with Crippen LogP contribution in [0.15, 0.2) is 66.9 Å². The molecule has 0 aliphatic heterocycles. The zero-order chi connectivity index (χ0) is 32.5. The van der Waals surface area contributed by atoms with E-state index in [0.29, 0.717) is 29.3 Å². The largest absolute Gasteiger partial charge is 0.493 e. The van der Waals surface area contributed by atoms with Gasteiger partial charge in [0.15, 0.2) is 11.5 Å². The number of aromatic nitrogens is 2. The highest BCUT2D eigenvalue weighted by Crippen LogP contribution is 2.41. The van der Waals surface area contributed by atoms with E-state index in [9.17, 15) is 9.59 Å². The van der Waals surface area contributed by atoms with Gasteiger partial charge in [0, 0.05) is 43.1 Å². The van der Waals surface area contributed by atoms with Gasteiger partial charge in [0.1, 0.15) is 5.82 Å². The second-order valence-electron chi connectivity index (χ2n) is 10.8. The van der Waals surface area contributed by atoms with Gasteiger partial charge in [-0.15, -0.1) is 0 Å². The lowest BCUT2D eigenvalue weighted by Gasteiger charge is -2.23. The number of amides is 2. The van der Waals surface area contributed by atoms with Gasteiger partial charge in [0.05, 0.1) is 7.11 Å². The lowest BCUT2D eigenvalue weighted by Crippen LogP contribution is -2.36. The third-order valence-electron chi connectivity index (χ3n) is 7.78. The first-order valence-corrected chi connectivity index (χ1v) is 15.0. The highest BCUT2D eigenvalue weighted by molar-refractivity contribution is 5.94. The van der Waals surface area contributed by atoms with Gasteiger partial charge in [-0.3, -0.25) is 10.1 Å². The molecule has 2 N–H and O–H groups in total. The lowest BCUT2D eigenvalue weighted by molar-refractivity contribution is 0.0779. The SMILES string of the molecule is CCN(CC)CCN(C)C(=O)c1ccc(Nc2nccc(NC(=O)Oc3c(OC)cc(C)cc3-c3cccc(C)c3C)n2)cc1. The van der Waals surface area contributed by atoms with E-state index in [1.165, 1.54) is 6.20 Å². The Labute approximate surface area is 265 Å². The topological polar surface area (TPSA) is 109 Å². The number of carbonyl (C=O) groups is 2. The van der Waals surface area contributed by atoms with E-state index in [2.05, 4.69) is 39.3 Å². The van der Waals surface area contributed by atoms with E-state index in [1.54, 1.807) is 42.3 Å². The van der Waals surface area contributed by atoms with Crippen molar-refractivity contribution in [2.75, 3.05) is 51.0 Å². The van der Waals surface area contributed by atoms with E-state index in [-0.39, 0.29) is 17.7 Å². The number of nitrogens with one attached hydrogen (secondary N) is 2. The van der Waals surface area contributed by atoms with E-state index in [0.717, 1.165) is 47.5 Å². The van der Waals surface area contributed by atoms with Gasteiger partial charge >= 0.3 is 6.09 Å². The normalized spacial score (nSPS) is 10.8. The third kappa shape index (κ3) is 8.36. The average molecular weight is 611 g/mol. The first kappa shape index (κ1) is 32.9. The predicted octanol–water partition coefficient (Wildman–Crippen LogP) is 6.85. The van der Waals surface area contributed by atoms with Crippen LogP contribution in [0.2, 0.25) is 0 Å². The van der Waals surface area contributed by atoms with Crippen molar-refractivity contribution in [3.63, 3.8) is 0 Å². The summed E-state index contributed by atoms with van der Waals surface area (Å²) in [6.45, 7) is 13.7. The van der Waals surface area contributed by atoms with Gasteiger partial charge in [-0.2, -0.15) is 4.98 Å². The fraction of sp³-hybridized carbons (Fsp3) is 0.314. The molecule has 0 unspecified atom stereocenters. The Morgan fingerprint density at radius 3 is 2.33 bits per heavy atom. The van der Waals surface area contributed by atoms with Crippen molar-refractivity contribution in [3.8, 4) is 22.6 Å². The third-order valence-corrected chi connectivity index (χ3v) is 7.78. The summed E-state index contributed by atoms with van der Waals surface area (Å²) in [5.74, 6) is 1.24. The van der Waals surface area contributed by atoms with Gasteiger partial charge < -0.3 is 24.6 Å². The number of aryl methyl sites for hydroxylation is 2. The summed E-state index contributed by atoms with van der Waals surface area (Å²) in [5, 5.41) is 5.81. The molecule has 10 nitrogen and oxygen atoms in total. The van der Waals surface area contributed by atoms with E-state index in [1.807, 2.05) is 58.2 Å². The monoisotopic (exact) mass is 610 g/mol. The molecule has 0 saturated carbocycles. The number of rotatable bonds is 12. The molecule has 236 valence electrons. The molecule has 4 rings (SSSR count). The van der Waals surface area contributed by atoms with Crippen molar-refractivity contribution >= 4 is 29.5 Å². The van der Waals surface area contributed by atoms with Crippen LogP contribution in [0.1, 0.15) is 40.9 Å². The lowest BCUT2D eigenvalue weighted by atomic mass is 9.95. The highest BCUT2D eigenvalue weighted by Gasteiger charge is 2.20. The van der Waals surface area contributed by atoms with Crippen molar-refractivity contribution in [3.05, 3.63) is 89.1 Å². The summed E-state index contributed by atoms with van der Waals surface area (Å²) in [4.78, 5) is 38.7. The molecular weight excluding hydrogens is 568 g/mol. The Bertz CT molecular complexity index is 1640. The summed E-state index contributed by atoms with van der Waals surface area (Å²) in [6.07, 6.45) is 0.808. The number of carbonyl (C=O) groups excluding carboxylic acids is 2. The Kier molecular flexibility index (Phi) is 11.1. The van der Waals surface area contributed by atoms with Gasteiger partial charge in [-0.25, -0.2) is 9.78 Å². The summed E-state index contributed by atoms with van der Waals surface area (Å²) >= 11 is 0. The van der Waals surface area contributed by atoms with Gasteiger partial charge in [-0.05, 0) is 98.6 Å². The summed E-state index contributed by atoms with van der Waals surface area (Å²) in [5.41, 5.74) is 6.18. The maximum atomic E-state index is 13.1. The smallest absolute Gasteiger partial charge is 0.418 e. The maximum Gasteiger partial charge on any atom is 0.418 e. The van der Waals surface area contributed by atoms with Crippen LogP contribution in [-0.2, 0) is 0 Å². The Balaban J connectivity index is 1.44. The van der Waals surface area contributed by atoms with Gasteiger partial charge in [-0.1, -0.05) is 32.0 Å². The number of ether oxygens (including phenoxy) is 2. The molecule has 0 radical (unpaired) electrons. The van der Waals surface area contributed by atoms with E-state index in [4.69, 9.17) is 9.47 Å². The first-order chi connectivity index (χ1) is 21.6. The minimum atomic E-state index is -0.721. The molecule has 1 heterocycles. The number of benzene rings is 3. The van der Waals surface area contributed by atoms with Crippen LogP contribution in [0.4, 0.5) is 22.2 Å². The molecule has 0 bridgehead atoms. The maximum absolute atomic E-state index is 13.1. The van der Waals surface area contributed by atoms with Crippen molar-refractivity contribution in [1.29, 1.82) is 0 Å². The molecule has 45 heavy (non-hydrogen) atoms. The predicted molar refractivity (Wildman–Crippen MR) is 179 cm³/mol. The van der Waals surface area contributed by atoms with Crippen LogP contribution in [0.25, 0.3) is 11.1 Å². The van der Waals surface area contributed by atoms with Crippen LogP contribution in [-0.4, -0.2) is 72.1 Å².